The van der Waals surface area contributed by atoms with Crippen molar-refractivity contribution < 1.29 is 18.3 Å². The van der Waals surface area contributed by atoms with Crippen molar-refractivity contribution >= 4 is 23.4 Å². The van der Waals surface area contributed by atoms with E-state index in [-0.39, 0.29) is 17.1 Å². The lowest BCUT2D eigenvalue weighted by Gasteiger charge is -2.54. The zero-order chi connectivity index (χ0) is 25.6. The molecule has 6 heterocycles. The molecular formula is C25H28F2N8O2. The van der Waals surface area contributed by atoms with Gasteiger partial charge >= 0.3 is 6.61 Å². The van der Waals surface area contributed by atoms with Gasteiger partial charge in [0, 0.05) is 69.1 Å². The second-order valence-electron chi connectivity index (χ2n) is 10.0. The molecular weight excluding hydrogens is 482 g/mol. The van der Waals surface area contributed by atoms with Gasteiger partial charge in [0.2, 0.25) is 5.91 Å². The van der Waals surface area contributed by atoms with Gasteiger partial charge in [-0.15, -0.1) is 0 Å². The molecule has 0 bridgehead atoms. The van der Waals surface area contributed by atoms with Crippen LogP contribution in [0.15, 0.2) is 30.6 Å². The molecule has 0 aliphatic carbocycles. The number of carbonyl (C=O) groups is 1. The molecule has 2 fully saturated rings. The first-order valence-electron chi connectivity index (χ1n) is 12.5. The zero-order valence-corrected chi connectivity index (χ0v) is 20.5. The number of anilines is 3. The molecule has 3 aliphatic rings. The number of piperidine rings is 1. The van der Waals surface area contributed by atoms with Crippen molar-refractivity contribution in [3.05, 3.63) is 36.3 Å². The van der Waals surface area contributed by atoms with Crippen LogP contribution in [0.3, 0.4) is 0 Å². The number of hydrogen-bond donors (Lipinski definition) is 1. The van der Waals surface area contributed by atoms with Crippen molar-refractivity contribution in [3.63, 3.8) is 0 Å². The van der Waals surface area contributed by atoms with E-state index in [4.69, 9.17) is 9.97 Å². The fraction of sp³-hybridized carbons (Fsp3) is 0.480. The van der Waals surface area contributed by atoms with Crippen LogP contribution in [-0.2, 0) is 17.8 Å². The maximum absolute atomic E-state index is 12.7. The summed E-state index contributed by atoms with van der Waals surface area (Å²) in [6.45, 7) is 2.88. The summed E-state index contributed by atoms with van der Waals surface area (Å²) in [5.41, 5.74) is 2.20. The average Bonchev–Trinajstić information content (AvgIpc) is 3.46. The summed E-state index contributed by atoms with van der Waals surface area (Å²) in [6, 6.07) is 4.64. The van der Waals surface area contributed by atoms with Crippen LogP contribution in [0.2, 0.25) is 0 Å². The van der Waals surface area contributed by atoms with Gasteiger partial charge < -0.3 is 19.9 Å². The molecule has 12 heteroatoms. The second kappa shape index (κ2) is 9.24. The quantitative estimate of drug-likeness (QED) is 0.538. The predicted octanol–water partition coefficient (Wildman–Crippen LogP) is 3.48. The third-order valence-electron chi connectivity index (χ3n) is 7.54. The van der Waals surface area contributed by atoms with Crippen molar-refractivity contribution in [2.24, 2.45) is 5.41 Å². The summed E-state index contributed by atoms with van der Waals surface area (Å²) in [5, 5.41) is 7.63. The highest BCUT2D eigenvalue weighted by atomic mass is 19.3. The molecule has 6 rings (SSSR count). The topological polar surface area (TPSA) is 101 Å². The molecule has 194 valence electrons. The Kier molecular flexibility index (Phi) is 5.88. The number of carbonyl (C=O) groups excluding carboxylic acids is 1. The highest BCUT2D eigenvalue weighted by Gasteiger charge is 2.46. The van der Waals surface area contributed by atoms with Gasteiger partial charge in [0.05, 0.1) is 11.8 Å². The maximum atomic E-state index is 12.7. The number of pyridine rings is 1. The summed E-state index contributed by atoms with van der Waals surface area (Å²) in [4.78, 5) is 29.8. The lowest BCUT2D eigenvalue weighted by atomic mass is 9.72. The first kappa shape index (κ1) is 23.6. The summed E-state index contributed by atoms with van der Waals surface area (Å²) in [6.07, 6.45) is 7.11. The van der Waals surface area contributed by atoms with Crippen molar-refractivity contribution in [1.82, 2.24) is 29.6 Å². The van der Waals surface area contributed by atoms with E-state index in [2.05, 4.69) is 25.0 Å². The van der Waals surface area contributed by atoms with E-state index in [1.54, 1.807) is 6.92 Å². The van der Waals surface area contributed by atoms with Crippen LogP contribution >= 0.6 is 0 Å². The highest BCUT2D eigenvalue weighted by Crippen LogP contribution is 2.43. The van der Waals surface area contributed by atoms with Gasteiger partial charge in [-0.1, -0.05) is 0 Å². The van der Waals surface area contributed by atoms with E-state index in [0.717, 1.165) is 75.5 Å². The Labute approximate surface area is 212 Å². The van der Waals surface area contributed by atoms with E-state index >= 15 is 0 Å². The number of ether oxygens (including phenoxy) is 1. The SMILES string of the molecule is CC(=O)N1CCC2(CC1)CN(c1cc(Nc3cc(OC(F)F)ccn3)nc(-c3cnn4c3CCC4)n1)C2. The molecule has 37 heavy (non-hydrogen) atoms. The Bertz CT molecular complexity index is 1310. The smallest absolute Gasteiger partial charge is 0.387 e. The molecule has 1 amide bonds. The van der Waals surface area contributed by atoms with Gasteiger partial charge in [0.15, 0.2) is 5.82 Å². The average molecular weight is 511 g/mol. The fourth-order valence-electron chi connectivity index (χ4n) is 5.56. The van der Waals surface area contributed by atoms with Gasteiger partial charge in [-0.05, 0) is 31.7 Å². The third-order valence-corrected chi connectivity index (χ3v) is 7.54. The molecule has 3 aromatic rings. The first-order chi connectivity index (χ1) is 17.9. The van der Waals surface area contributed by atoms with E-state index in [0.29, 0.717) is 17.5 Å². The molecule has 1 N–H and O–H groups in total. The lowest BCUT2D eigenvalue weighted by molar-refractivity contribution is -0.131. The lowest BCUT2D eigenvalue weighted by Crippen LogP contribution is -2.61. The monoisotopic (exact) mass is 510 g/mol. The number of hydrogen-bond acceptors (Lipinski definition) is 8. The molecule has 2 saturated heterocycles. The maximum Gasteiger partial charge on any atom is 0.387 e. The van der Waals surface area contributed by atoms with Crippen LogP contribution in [0.4, 0.5) is 26.2 Å². The van der Waals surface area contributed by atoms with Crippen LogP contribution in [0.5, 0.6) is 5.75 Å². The number of fused-ring (bicyclic) bond motifs is 1. The number of nitrogens with zero attached hydrogens (tertiary/aromatic N) is 7. The molecule has 0 saturated carbocycles. The number of halogens is 2. The molecule has 0 aromatic carbocycles. The minimum atomic E-state index is -2.92. The van der Waals surface area contributed by atoms with E-state index in [1.165, 1.54) is 18.3 Å². The summed E-state index contributed by atoms with van der Waals surface area (Å²) in [5.74, 6) is 2.34. The number of aromatic nitrogens is 5. The summed E-state index contributed by atoms with van der Waals surface area (Å²) in [7, 11) is 0. The molecule has 1 spiro atoms. The fourth-order valence-corrected chi connectivity index (χ4v) is 5.56. The van der Waals surface area contributed by atoms with Gasteiger partial charge in [-0.25, -0.2) is 15.0 Å². The largest absolute Gasteiger partial charge is 0.435 e. The highest BCUT2D eigenvalue weighted by molar-refractivity contribution is 5.73. The van der Waals surface area contributed by atoms with E-state index in [1.807, 2.05) is 21.8 Å². The summed E-state index contributed by atoms with van der Waals surface area (Å²) >= 11 is 0. The Morgan fingerprint density at radius 1 is 1.14 bits per heavy atom. The second-order valence-corrected chi connectivity index (χ2v) is 10.0. The minimum Gasteiger partial charge on any atom is -0.435 e. The normalized spacial score (nSPS) is 18.2. The minimum absolute atomic E-state index is 0.0121. The molecule has 10 nitrogen and oxygen atoms in total. The van der Waals surface area contributed by atoms with Crippen molar-refractivity contribution in [2.75, 3.05) is 36.4 Å². The molecule has 3 aliphatic heterocycles. The van der Waals surface area contributed by atoms with Crippen LogP contribution in [0, 0.1) is 5.41 Å². The molecule has 0 atom stereocenters. The first-order valence-corrected chi connectivity index (χ1v) is 12.5. The Morgan fingerprint density at radius 3 is 2.70 bits per heavy atom. The van der Waals surface area contributed by atoms with Gasteiger partial charge in [-0.2, -0.15) is 13.9 Å². The van der Waals surface area contributed by atoms with E-state index < -0.39 is 6.61 Å². The van der Waals surface area contributed by atoms with E-state index in [9.17, 15) is 13.6 Å². The standard InChI is InChI=1S/C25H28F2N8O2/c1-16(36)33-9-5-25(6-10-33)14-34(15-25)22-12-21(30-20-11-17(4-7-28-20)37-24(26)27)31-23(32-22)18-13-29-35-8-2-3-19(18)35/h4,7,11-13,24H,2-3,5-6,8-10,14-15H2,1H3,(H,28,30,31,32). The van der Waals surface area contributed by atoms with Crippen LogP contribution in [-0.4, -0.2) is 68.3 Å². The van der Waals surface area contributed by atoms with Crippen molar-refractivity contribution in [1.29, 1.82) is 0 Å². The number of aryl methyl sites for hydroxylation is 1. The van der Waals surface area contributed by atoms with Crippen molar-refractivity contribution in [3.8, 4) is 17.1 Å². The van der Waals surface area contributed by atoms with Crippen molar-refractivity contribution in [2.45, 2.75) is 45.8 Å². The molecule has 0 unspecified atom stereocenters. The Hall–Kier alpha value is -3.83. The van der Waals surface area contributed by atoms with Crippen LogP contribution in [0.1, 0.15) is 31.9 Å². The predicted molar refractivity (Wildman–Crippen MR) is 132 cm³/mol. The van der Waals surface area contributed by atoms with Gasteiger partial charge in [0.1, 0.15) is 23.2 Å². The Morgan fingerprint density at radius 2 is 1.95 bits per heavy atom. The number of rotatable bonds is 6. The van der Waals surface area contributed by atoms with Crippen LogP contribution < -0.4 is 15.0 Å². The van der Waals surface area contributed by atoms with Crippen LogP contribution in [0.25, 0.3) is 11.4 Å². The number of alkyl halides is 2. The number of amides is 1. The number of nitrogens with one attached hydrogen (secondary N) is 1. The van der Waals surface area contributed by atoms with Gasteiger partial charge in [0.25, 0.3) is 0 Å². The van der Waals surface area contributed by atoms with Gasteiger partial charge in [-0.3, -0.25) is 9.48 Å². The zero-order valence-electron chi connectivity index (χ0n) is 20.5. The Balaban J connectivity index is 1.27. The number of likely N-dealkylation sites (tertiary alicyclic amines) is 1. The molecule has 0 radical (unpaired) electrons. The third kappa shape index (κ3) is 4.67. The molecule has 3 aromatic heterocycles. The summed E-state index contributed by atoms with van der Waals surface area (Å²) < 4.78 is 31.9.